The fraction of sp³-hybridized carbons (Fsp3) is 0.520. The van der Waals surface area contributed by atoms with Crippen LogP contribution in [-0.4, -0.2) is 13.2 Å². The van der Waals surface area contributed by atoms with Gasteiger partial charge in [0.05, 0.1) is 12.5 Å². The number of hydrogen-bond acceptors (Lipinski definition) is 2. The largest absolute Gasteiger partial charge is 0.496 e. The number of methoxy groups -OCH3 is 1. The Morgan fingerprint density at radius 2 is 1.93 bits per heavy atom. The summed E-state index contributed by atoms with van der Waals surface area (Å²) in [5.41, 5.74) is 3.82. The number of allylic oxidation sites excluding steroid dienone is 1. The first-order chi connectivity index (χ1) is 12.8. The molecule has 1 aliphatic heterocycles. The maximum absolute atomic E-state index is 6.66. The van der Waals surface area contributed by atoms with Gasteiger partial charge >= 0.3 is 0 Å². The molecule has 0 spiro atoms. The van der Waals surface area contributed by atoms with Gasteiger partial charge in [-0.15, -0.1) is 0 Å². The highest BCUT2D eigenvalue weighted by atomic mass is 16.5. The second kappa shape index (κ2) is 7.58. The van der Waals surface area contributed by atoms with Gasteiger partial charge in [0, 0.05) is 16.3 Å². The normalized spacial score (nSPS) is 22.2. The van der Waals surface area contributed by atoms with E-state index in [1.54, 1.807) is 7.11 Å². The van der Waals surface area contributed by atoms with Crippen LogP contribution in [0.1, 0.15) is 65.0 Å². The first kappa shape index (κ1) is 19.8. The predicted molar refractivity (Wildman–Crippen MR) is 115 cm³/mol. The summed E-state index contributed by atoms with van der Waals surface area (Å²) in [6.07, 6.45) is 5.91. The van der Waals surface area contributed by atoms with Gasteiger partial charge in [-0.25, -0.2) is 0 Å². The van der Waals surface area contributed by atoms with E-state index in [4.69, 9.17) is 9.47 Å². The van der Waals surface area contributed by atoms with Gasteiger partial charge < -0.3 is 9.47 Å². The molecule has 2 nitrogen and oxygen atoms in total. The molecule has 2 aromatic carbocycles. The molecule has 0 radical (unpaired) electrons. The predicted octanol–water partition coefficient (Wildman–Crippen LogP) is 6.97. The van der Waals surface area contributed by atoms with Crippen molar-refractivity contribution in [1.29, 1.82) is 0 Å². The highest BCUT2D eigenvalue weighted by Gasteiger charge is 2.46. The van der Waals surface area contributed by atoms with Crippen molar-refractivity contribution in [2.75, 3.05) is 7.11 Å². The van der Waals surface area contributed by atoms with Gasteiger partial charge in [-0.2, -0.15) is 0 Å². The van der Waals surface area contributed by atoms with E-state index in [9.17, 15) is 0 Å². The standard InChI is InChI=1S/C25H34O2/c1-8-11-21-25(6,15-17(4)14-16(2)3)22-18(5)23(26-7)19-12-9-10-13-20(19)24(22)27-21/h9-10,12-13,15-16,21H,8,11,14H2,1-7H3/b17-15+. The lowest BCUT2D eigenvalue weighted by atomic mass is 9.73. The molecule has 0 aliphatic carbocycles. The lowest BCUT2D eigenvalue weighted by Crippen LogP contribution is -2.34. The Hall–Kier alpha value is -1.96. The van der Waals surface area contributed by atoms with E-state index >= 15 is 0 Å². The minimum atomic E-state index is -0.133. The highest BCUT2D eigenvalue weighted by molar-refractivity contribution is 5.97. The average Bonchev–Trinajstić information content (AvgIpc) is 2.88. The Labute approximate surface area is 164 Å². The average molecular weight is 367 g/mol. The molecule has 2 atom stereocenters. The van der Waals surface area contributed by atoms with E-state index in [-0.39, 0.29) is 11.5 Å². The van der Waals surface area contributed by atoms with E-state index in [1.165, 1.54) is 16.7 Å². The zero-order chi connectivity index (χ0) is 19.8. The lowest BCUT2D eigenvalue weighted by molar-refractivity contribution is 0.169. The molecule has 0 saturated heterocycles. The number of fused-ring (bicyclic) bond motifs is 3. The molecular weight excluding hydrogens is 332 g/mol. The minimum absolute atomic E-state index is 0.133. The van der Waals surface area contributed by atoms with Gasteiger partial charge in [-0.05, 0) is 45.1 Å². The summed E-state index contributed by atoms with van der Waals surface area (Å²) in [6.45, 7) is 13.6. The van der Waals surface area contributed by atoms with Gasteiger partial charge in [0.1, 0.15) is 17.6 Å². The van der Waals surface area contributed by atoms with Crippen LogP contribution in [0.2, 0.25) is 0 Å². The van der Waals surface area contributed by atoms with Crippen molar-refractivity contribution in [3.63, 3.8) is 0 Å². The van der Waals surface area contributed by atoms with Crippen molar-refractivity contribution in [3.05, 3.63) is 47.0 Å². The fourth-order valence-corrected chi connectivity index (χ4v) is 4.96. The van der Waals surface area contributed by atoms with E-state index in [0.29, 0.717) is 5.92 Å². The van der Waals surface area contributed by atoms with Gasteiger partial charge in [0.2, 0.25) is 0 Å². The van der Waals surface area contributed by atoms with Crippen LogP contribution in [0, 0.1) is 12.8 Å². The van der Waals surface area contributed by atoms with Crippen LogP contribution in [0.25, 0.3) is 10.8 Å². The van der Waals surface area contributed by atoms with E-state index < -0.39 is 0 Å². The molecule has 0 N–H and O–H groups in total. The lowest BCUT2D eigenvalue weighted by Gasteiger charge is -2.29. The summed E-state index contributed by atoms with van der Waals surface area (Å²) in [4.78, 5) is 0. The van der Waals surface area contributed by atoms with Crippen LogP contribution in [0.15, 0.2) is 35.9 Å². The Balaban J connectivity index is 2.28. The molecule has 3 rings (SSSR count). The maximum atomic E-state index is 6.66. The first-order valence-electron chi connectivity index (χ1n) is 10.3. The summed E-state index contributed by atoms with van der Waals surface area (Å²) >= 11 is 0. The summed E-state index contributed by atoms with van der Waals surface area (Å²) in [7, 11) is 1.78. The zero-order valence-electron chi connectivity index (χ0n) is 18.0. The Morgan fingerprint density at radius 3 is 2.52 bits per heavy atom. The van der Waals surface area contributed by atoms with Gasteiger partial charge in [0.15, 0.2) is 0 Å². The van der Waals surface area contributed by atoms with Crippen molar-refractivity contribution in [1.82, 2.24) is 0 Å². The Bertz CT molecular complexity index is 862. The van der Waals surface area contributed by atoms with Crippen molar-refractivity contribution in [3.8, 4) is 11.5 Å². The SMILES string of the molecule is CCCC1Oc2c(c(C)c(OC)c3ccccc23)C1(C)/C=C(\C)CC(C)C. The van der Waals surface area contributed by atoms with E-state index in [2.05, 4.69) is 71.9 Å². The van der Waals surface area contributed by atoms with Gasteiger partial charge in [0.25, 0.3) is 0 Å². The van der Waals surface area contributed by atoms with Crippen molar-refractivity contribution < 1.29 is 9.47 Å². The third-order valence-corrected chi connectivity index (χ3v) is 5.86. The van der Waals surface area contributed by atoms with Crippen molar-refractivity contribution in [2.24, 2.45) is 5.92 Å². The molecule has 0 saturated carbocycles. The second-order valence-corrected chi connectivity index (χ2v) is 8.67. The molecule has 1 heterocycles. The maximum Gasteiger partial charge on any atom is 0.132 e. The Kier molecular flexibility index (Phi) is 5.55. The smallest absolute Gasteiger partial charge is 0.132 e. The molecule has 146 valence electrons. The molecule has 0 aromatic heterocycles. The third-order valence-electron chi connectivity index (χ3n) is 5.86. The summed E-state index contributed by atoms with van der Waals surface area (Å²) < 4.78 is 12.5. The molecule has 27 heavy (non-hydrogen) atoms. The van der Waals surface area contributed by atoms with Crippen molar-refractivity contribution >= 4 is 10.8 Å². The zero-order valence-corrected chi connectivity index (χ0v) is 18.0. The molecular formula is C25H34O2. The Morgan fingerprint density at radius 1 is 1.26 bits per heavy atom. The topological polar surface area (TPSA) is 18.5 Å². The molecule has 1 aliphatic rings. The number of benzene rings is 2. The number of ether oxygens (including phenoxy) is 2. The number of hydrogen-bond donors (Lipinski definition) is 0. The van der Waals surface area contributed by atoms with Crippen molar-refractivity contribution in [2.45, 2.75) is 72.3 Å². The van der Waals surface area contributed by atoms with Crippen LogP contribution < -0.4 is 9.47 Å². The third kappa shape index (κ3) is 3.35. The van der Waals surface area contributed by atoms with E-state index in [0.717, 1.165) is 41.5 Å². The molecule has 0 amide bonds. The molecule has 0 bridgehead atoms. The van der Waals surface area contributed by atoms with Crippen LogP contribution >= 0.6 is 0 Å². The fourth-order valence-electron chi connectivity index (χ4n) is 4.96. The van der Waals surface area contributed by atoms with Crippen LogP contribution in [0.3, 0.4) is 0 Å². The molecule has 2 unspecified atom stereocenters. The van der Waals surface area contributed by atoms with Crippen LogP contribution in [-0.2, 0) is 5.41 Å². The summed E-state index contributed by atoms with van der Waals surface area (Å²) in [5, 5.41) is 2.30. The summed E-state index contributed by atoms with van der Waals surface area (Å²) in [6, 6.07) is 8.46. The minimum Gasteiger partial charge on any atom is -0.496 e. The molecule has 2 aromatic rings. The quantitative estimate of drug-likeness (QED) is 0.514. The van der Waals surface area contributed by atoms with Crippen LogP contribution in [0.5, 0.6) is 11.5 Å². The van der Waals surface area contributed by atoms with E-state index in [1.807, 2.05) is 0 Å². The highest BCUT2D eigenvalue weighted by Crippen LogP contribution is 2.53. The van der Waals surface area contributed by atoms with Gasteiger partial charge in [-0.3, -0.25) is 0 Å². The molecule has 2 heteroatoms. The summed E-state index contributed by atoms with van der Waals surface area (Å²) in [5.74, 6) is 2.69. The second-order valence-electron chi connectivity index (χ2n) is 8.67. The molecule has 0 fully saturated rings. The van der Waals surface area contributed by atoms with Gasteiger partial charge in [-0.1, -0.05) is 63.1 Å². The van der Waals surface area contributed by atoms with Crippen LogP contribution in [0.4, 0.5) is 0 Å². The first-order valence-corrected chi connectivity index (χ1v) is 10.3. The number of rotatable bonds is 6. The monoisotopic (exact) mass is 366 g/mol.